The Balaban J connectivity index is 1.86. The first-order chi connectivity index (χ1) is 9.36. The maximum absolute atomic E-state index is 12.0. The van der Waals surface area contributed by atoms with E-state index in [9.17, 15) is 13.2 Å². The molecule has 0 radical (unpaired) electrons. The summed E-state index contributed by atoms with van der Waals surface area (Å²) in [7, 11) is -3.08. The van der Waals surface area contributed by atoms with Crippen molar-refractivity contribution >= 4 is 15.7 Å². The van der Waals surface area contributed by atoms with E-state index in [0.717, 1.165) is 5.56 Å². The van der Waals surface area contributed by atoms with Gasteiger partial charge < -0.3 is 9.64 Å². The molecule has 0 saturated carbocycles. The molecule has 1 aromatic rings. The molecule has 0 N–H and O–H groups in total. The monoisotopic (exact) mass is 297 g/mol. The summed E-state index contributed by atoms with van der Waals surface area (Å²) < 4.78 is 28.3. The van der Waals surface area contributed by atoms with Gasteiger partial charge in [0.25, 0.3) is 5.91 Å². The van der Waals surface area contributed by atoms with Crippen LogP contribution in [0.1, 0.15) is 12.0 Å². The Morgan fingerprint density at radius 2 is 2.00 bits per heavy atom. The molecule has 1 unspecified atom stereocenters. The molecule has 5 nitrogen and oxygen atoms in total. The van der Waals surface area contributed by atoms with Crippen molar-refractivity contribution in [3.05, 3.63) is 29.8 Å². The standard InChI is InChI=1S/C14H19NO4S/c1-11-3-5-12(6-4-11)19-10-14(16)15-8-7-13(9-15)20(2,17)18/h3-6,13H,7-10H2,1-2H3. The Bertz CT molecular complexity index is 580. The van der Waals surface area contributed by atoms with E-state index in [4.69, 9.17) is 4.74 Å². The van der Waals surface area contributed by atoms with Gasteiger partial charge in [0.05, 0.1) is 5.25 Å². The number of rotatable bonds is 4. The predicted octanol–water partition coefficient (Wildman–Crippen LogP) is 1.02. The van der Waals surface area contributed by atoms with Crippen LogP contribution < -0.4 is 4.74 Å². The zero-order chi connectivity index (χ0) is 14.8. The van der Waals surface area contributed by atoms with E-state index in [1.807, 2.05) is 31.2 Å². The number of ether oxygens (including phenoxy) is 1. The predicted molar refractivity (Wildman–Crippen MR) is 76.5 cm³/mol. The van der Waals surface area contributed by atoms with Gasteiger partial charge in [0.2, 0.25) is 0 Å². The molecule has 0 spiro atoms. The summed E-state index contributed by atoms with van der Waals surface area (Å²) in [5.41, 5.74) is 1.12. The molecular formula is C14H19NO4S. The van der Waals surface area contributed by atoms with Gasteiger partial charge in [-0.05, 0) is 25.5 Å². The van der Waals surface area contributed by atoms with Crippen molar-refractivity contribution in [3.63, 3.8) is 0 Å². The third-order valence-electron chi connectivity index (χ3n) is 3.49. The van der Waals surface area contributed by atoms with Crippen LogP contribution in [0.4, 0.5) is 0 Å². The van der Waals surface area contributed by atoms with Crippen molar-refractivity contribution in [1.82, 2.24) is 4.90 Å². The number of likely N-dealkylation sites (tertiary alicyclic amines) is 1. The number of sulfone groups is 1. The van der Waals surface area contributed by atoms with Gasteiger partial charge in [0, 0.05) is 19.3 Å². The zero-order valence-electron chi connectivity index (χ0n) is 11.7. The van der Waals surface area contributed by atoms with Crippen molar-refractivity contribution in [2.45, 2.75) is 18.6 Å². The van der Waals surface area contributed by atoms with Crippen LogP contribution in [-0.4, -0.2) is 50.4 Å². The van der Waals surface area contributed by atoms with E-state index in [1.54, 1.807) is 4.90 Å². The third-order valence-corrected chi connectivity index (χ3v) is 5.08. The lowest BCUT2D eigenvalue weighted by molar-refractivity contribution is -0.132. The summed E-state index contributed by atoms with van der Waals surface area (Å²) in [6.45, 7) is 2.67. The lowest BCUT2D eigenvalue weighted by atomic mass is 10.2. The van der Waals surface area contributed by atoms with Crippen molar-refractivity contribution < 1.29 is 17.9 Å². The molecule has 0 bridgehead atoms. The number of hydrogen-bond acceptors (Lipinski definition) is 4. The van der Waals surface area contributed by atoms with Crippen molar-refractivity contribution in [3.8, 4) is 5.75 Å². The largest absolute Gasteiger partial charge is 0.484 e. The second-order valence-electron chi connectivity index (χ2n) is 5.18. The molecule has 2 rings (SSSR count). The van der Waals surface area contributed by atoms with Crippen LogP contribution in [-0.2, 0) is 14.6 Å². The van der Waals surface area contributed by atoms with E-state index in [0.29, 0.717) is 18.7 Å². The molecule has 1 atom stereocenters. The Kier molecular flexibility index (Phi) is 4.32. The summed E-state index contributed by atoms with van der Waals surface area (Å²) >= 11 is 0. The molecular weight excluding hydrogens is 278 g/mol. The summed E-state index contributed by atoms with van der Waals surface area (Å²) in [5, 5.41) is -0.439. The number of aryl methyl sites for hydroxylation is 1. The van der Waals surface area contributed by atoms with Gasteiger partial charge in [-0.25, -0.2) is 8.42 Å². The Hall–Kier alpha value is -1.56. The lowest BCUT2D eigenvalue weighted by Crippen LogP contribution is -2.34. The fourth-order valence-corrected chi connectivity index (χ4v) is 3.16. The number of amides is 1. The van der Waals surface area contributed by atoms with E-state index >= 15 is 0 Å². The molecule has 1 amide bonds. The highest BCUT2D eigenvalue weighted by Crippen LogP contribution is 2.17. The average Bonchev–Trinajstić information content (AvgIpc) is 2.87. The van der Waals surface area contributed by atoms with Gasteiger partial charge in [-0.15, -0.1) is 0 Å². The molecule has 1 saturated heterocycles. The first-order valence-corrected chi connectivity index (χ1v) is 8.48. The Labute approximate surface area is 119 Å². The summed E-state index contributed by atoms with van der Waals surface area (Å²) in [6, 6.07) is 7.45. The summed E-state index contributed by atoms with van der Waals surface area (Å²) in [6.07, 6.45) is 1.73. The maximum Gasteiger partial charge on any atom is 0.260 e. The zero-order valence-corrected chi connectivity index (χ0v) is 12.5. The molecule has 20 heavy (non-hydrogen) atoms. The SMILES string of the molecule is Cc1ccc(OCC(=O)N2CCC(S(C)(=O)=O)C2)cc1. The van der Waals surface area contributed by atoms with Crippen LogP contribution in [0.3, 0.4) is 0 Å². The van der Waals surface area contributed by atoms with E-state index in [1.165, 1.54) is 6.26 Å². The van der Waals surface area contributed by atoms with E-state index in [-0.39, 0.29) is 19.1 Å². The molecule has 0 aliphatic carbocycles. The minimum absolute atomic E-state index is 0.0560. The molecule has 1 aliphatic heterocycles. The van der Waals surface area contributed by atoms with Gasteiger partial charge in [0.15, 0.2) is 16.4 Å². The van der Waals surface area contributed by atoms with Crippen LogP contribution in [0.25, 0.3) is 0 Å². The van der Waals surface area contributed by atoms with Crippen LogP contribution in [0, 0.1) is 6.92 Å². The van der Waals surface area contributed by atoms with Crippen LogP contribution >= 0.6 is 0 Å². The van der Waals surface area contributed by atoms with Gasteiger partial charge in [-0.2, -0.15) is 0 Å². The molecule has 1 fully saturated rings. The molecule has 1 aromatic carbocycles. The Morgan fingerprint density at radius 3 is 2.55 bits per heavy atom. The molecule has 1 heterocycles. The van der Waals surface area contributed by atoms with Gasteiger partial charge in [-0.3, -0.25) is 4.79 Å². The van der Waals surface area contributed by atoms with Crippen LogP contribution in [0.15, 0.2) is 24.3 Å². The number of hydrogen-bond donors (Lipinski definition) is 0. The average molecular weight is 297 g/mol. The number of carbonyl (C=O) groups is 1. The fourth-order valence-electron chi connectivity index (χ4n) is 2.18. The molecule has 110 valence electrons. The third kappa shape index (κ3) is 3.72. The van der Waals surface area contributed by atoms with E-state index in [2.05, 4.69) is 0 Å². The topological polar surface area (TPSA) is 63.7 Å². The van der Waals surface area contributed by atoms with Crippen molar-refractivity contribution in [2.75, 3.05) is 26.0 Å². The number of benzene rings is 1. The fraction of sp³-hybridized carbons (Fsp3) is 0.500. The highest BCUT2D eigenvalue weighted by molar-refractivity contribution is 7.91. The van der Waals surface area contributed by atoms with Crippen molar-refractivity contribution in [1.29, 1.82) is 0 Å². The minimum Gasteiger partial charge on any atom is -0.484 e. The number of carbonyl (C=O) groups excluding carboxylic acids is 1. The quantitative estimate of drug-likeness (QED) is 0.832. The maximum atomic E-state index is 12.0. The summed E-state index contributed by atoms with van der Waals surface area (Å²) in [5.74, 6) is 0.472. The molecule has 0 aromatic heterocycles. The lowest BCUT2D eigenvalue weighted by Gasteiger charge is -2.16. The highest BCUT2D eigenvalue weighted by Gasteiger charge is 2.32. The highest BCUT2D eigenvalue weighted by atomic mass is 32.2. The first kappa shape index (κ1) is 14.8. The smallest absolute Gasteiger partial charge is 0.260 e. The van der Waals surface area contributed by atoms with E-state index < -0.39 is 15.1 Å². The molecule has 1 aliphatic rings. The van der Waals surface area contributed by atoms with Gasteiger partial charge >= 0.3 is 0 Å². The van der Waals surface area contributed by atoms with Crippen LogP contribution in [0.2, 0.25) is 0 Å². The second kappa shape index (κ2) is 5.83. The van der Waals surface area contributed by atoms with Gasteiger partial charge in [0.1, 0.15) is 5.75 Å². The van der Waals surface area contributed by atoms with Crippen molar-refractivity contribution in [2.24, 2.45) is 0 Å². The normalized spacial score (nSPS) is 19.1. The Morgan fingerprint density at radius 1 is 1.35 bits per heavy atom. The number of nitrogens with zero attached hydrogens (tertiary/aromatic N) is 1. The molecule has 6 heteroatoms. The second-order valence-corrected chi connectivity index (χ2v) is 7.51. The first-order valence-electron chi connectivity index (χ1n) is 6.52. The van der Waals surface area contributed by atoms with Crippen LogP contribution in [0.5, 0.6) is 5.75 Å². The summed E-state index contributed by atoms with van der Waals surface area (Å²) in [4.78, 5) is 13.5. The van der Waals surface area contributed by atoms with Gasteiger partial charge in [-0.1, -0.05) is 17.7 Å². The minimum atomic E-state index is -3.08.